The Bertz CT molecular complexity index is 1150. The van der Waals surface area contributed by atoms with Crippen molar-refractivity contribution in [1.82, 2.24) is 15.1 Å². The van der Waals surface area contributed by atoms with Gasteiger partial charge in [-0.05, 0) is 48.9 Å². The number of carbonyl (C=O) groups excluding carboxylic acids is 1. The first-order valence-electron chi connectivity index (χ1n) is 9.53. The number of rotatable bonds is 7. The van der Waals surface area contributed by atoms with E-state index < -0.39 is 11.8 Å². The summed E-state index contributed by atoms with van der Waals surface area (Å²) in [6.07, 6.45) is 0. The van der Waals surface area contributed by atoms with Gasteiger partial charge in [0.25, 0.3) is 5.56 Å². The number of hydrogen-bond donors (Lipinski definition) is 2. The lowest BCUT2D eigenvalue weighted by atomic mass is 10.1. The van der Waals surface area contributed by atoms with Crippen LogP contribution in [0.1, 0.15) is 5.56 Å². The van der Waals surface area contributed by atoms with Crippen LogP contribution in [0.15, 0.2) is 53.3 Å². The molecule has 162 valence electrons. The Morgan fingerprint density at radius 1 is 1.06 bits per heavy atom. The van der Waals surface area contributed by atoms with E-state index in [-0.39, 0.29) is 18.6 Å². The summed E-state index contributed by atoms with van der Waals surface area (Å²) < 4.78 is 25.4. The van der Waals surface area contributed by atoms with E-state index in [0.717, 1.165) is 5.56 Å². The van der Waals surface area contributed by atoms with Gasteiger partial charge < -0.3 is 20.1 Å². The zero-order valence-corrected chi connectivity index (χ0v) is 17.4. The van der Waals surface area contributed by atoms with Crippen molar-refractivity contribution in [2.45, 2.75) is 13.5 Å². The van der Waals surface area contributed by atoms with Crippen LogP contribution in [0.5, 0.6) is 11.5 Å². The van der Waals surface area contributed by atoms with Crippen molar-refractivity contribution in [3.05, 3.63) is 70.3 Å². The molecule has 1 aromatic heterocycles. The van der Waals surface area contributed by atoms with Crippen molar-refractivity contribution in [1.29, 1.82) is 0 Å². The first-order valence-corrected chi connectivity index (χ1v) is 9.53. The van der Waals surface area contributed by atoms with Crippen LogP contribution in [0.4, 0.5) is 14.9 Å². The molecule has 3 aromatic rings. The minimum atomic E-state index is -0.507. The second-order valence-corrected chi connectivity index (χ2v) is 6.69. The lowest BCUT2D eigenvalue weighted by Crippen LogP contribution is -2.34. The third-order valence-corrected chi connectivity index (χ3v) is 4.58. The topological polar surface area (TPSA) is 94.5 Å². The van der Waals surface area contributed by atoms with Crippen LogP contribution in [0.3, 0.4) is 0 Å². The van der Waals surface area contributed by atoms with Gasteiger partial charge in [0, 0.05) is 23.9 Å². The zero-order chi connectivity index (χ0) is 22.4. The minimum Gasteiger partial charge on any atom is -0.493 e. The van der Waals surface area contributed by atoms with E-state index >= 15 is 0 Å². The average molecular weight is 426 g/mol. The van der Waals surface area contributed by atoms with Crippen LogP contribution in [-0.4, -0.2) is 36.6 Å². The first-order chi connectivity index (χ1) is 14.9. The van der Waals surface area contributed by atoms with Crippen LogP contribution < -0.4 is 25.7 Å². The number of nitrogens with zero attached hydrogens (tertiary/aromatic N) is 2. The van der Waals surface area contributed by atoms with Crippen LogP contribution in [0.2, 0.25) is 0 Å². The highest BCUT2D eigenvalue weighted by Crippen LogP contribution is 2.31. The highest BCUT2D eigenvalue weighted by atomic mass is 19.1. The van der Waals surface area contributed by atoms with Crippen LogP contribution in [0, 0.1) is 12.7 Å². The van der Waals surface area contributed by atoms with Crippen molar-refractivity contribution < 1.29 is 18.7 Å². The molecule has 1 heterocycles. The number of benzene rings is 2. The van der Waals surface area contributed by atoms with Gasteiger partial charge in [-0.15, -0.1) is 0 Å². The quantitative estimate of drug-likeness (QED) is 0.605. The third kappa shape index (κ3) is 5.39. The number of aryl methyl sites for hydroxylation is 1. The Balaban J connectivity index is 1.65. The molecule has 0 aliphatic carbocycles. The molecule has 0 fully saturated rings. The summed E-state index contributed by atoms with van der Waals surface area (Å²) in [7, 11) is 3.09. The fourth-order valence-electron chi connectivity index (χ4n) is 2.88. The first kappa shape index (κ1) is 21.8. The Kier molecular flexibility index (Phi) is 6.86. The average Bonchev–Trinajstić information content (AvgIpc) is 2.77. The van der Waals surface area contributed by atoms with Crippen molar-refractivity contribution >= 4 is 11.7 Å². The minimum absolute atomic E-state index is 0.155. The lowest BCUT2D eigenvalue weighted by molar-refractivity contribution is 0.251. The summed E-state index contributed by atoms with van der Waals surface area (Å²) in [6.45, 7) is 1.96. The highest BCUT2D eigenvalue weighted by Gasteiger charge is 2.09. The molecular formula is C22H23FN4O4. The standard InChI is InChI=1S/C22H23FN4O4/c1-14-4-6-16(13-17(14)23)25-22(29)24-10-11-27-21(28)9-7-18(26-27)15-5-8-19(30-2)20(12-15)31-3/h4-9,12-13H,10-11H2,1-3H3,(H2,24,25,29). The van der Waals surface area contributed by atoms with E-state index in [1.807, 2.05) is 6.07 Å². The second-order valence-electron chi connectivity index (χ2n) is 6.69. The van der Waals surface area contributed by atoms with Crippen LogP contribution in [0.25, 0.3) is 11.3 Å². The van der Waals surface area contributed by atoms with Gasteiger partial charge in [-0.1, -0.05) is 6.07 Å². The van der Waals surface area contributed by atoms with Crippen molar-refractivity contribution in [2.24, 2.45) is 0 Å². The van der Waals surface area contributed by atoms with Gasteiger partial charge in [-0.2, -0.15) is 5.10 Å². The number of halogens is 1. The molecule has 2 aromatic carbocycles. The number of ether oxygens (including phenoxy) is 2. The van der Waals surface area contributed by atoms with Gasteiger partial charge in [0.1, 0.15) is 5.82 Å². The summed E-state index contributed by atoms with van der Waals surface area (Å²) in [5.74, 6) is 0.731. The fraction of sp³-hybridized carbons (Fsp3) is 0.227. The maximum Gasteiger partial charge on any atom is 0.319 e. The van der Waals surface area contributed by atoms with Gasteiger partial charge >= 0.3 is 6.03 Å². The number of amides is 2. The number of nitrogens with one attached hydrogen (secondary N) is 2. The molecule has 0 aliphatic heterocycles. The summed E-state index contributed by atoms with van der Waals surface area (Å²) in [4.78, 5) is 24.2. The Hall–Kier alpha value is -3.88. The predicted octanol–water partition coefficient (Wildman–Crippen LogP) is 3.20. The van der Waals surface area contributed by atoms with E-state index in [9.17, 15) is 14.0 Å². The van der Waals surface area contributed by atoms with E-state index in [1.165, 1.54) is 23.9 Å². The monoisotopic (exact) mass is 426 g/mol. The van der Waals surface area contributed by atoms with Gasteiger partial charge in [-0.25, -0.2) is 13.9 Å². The molecule has 0 bridgehead atoms. The normalized spacial score (nSPS) is 10.5. The molecule has 3 rings (SSSR count). The highest BCUT2D eigenvalue weighted by molar-refractivity contribution is 5.89. The summed E-state index contributed by atoms with van der Waals surface area (Å²) in [6, 6.07) is 12.3. The van der Waals surface area contributed by atoms with E-state index in [1.54, 1.807) is 44.4 Å². The molecule has 0 spiro atoms. The second kappa shape index (κ2) is 9.75. The van der Waals surface area contributed by atoms with Crippen LogP contribution in [-0.2, 0) is 6.54 Å². The molecule has 2 amide bonds. The number of aromatic nitrogens is 2. The number of anilines is 1. The summed E-state index contributed by atoms with van der Waals surface area (Å²) in [5, 5.41) is 9.53. The molecule has 8 nitrogen and oxygen atoms in total. The molecular weight excluding hydrogens is 403 g/mol. The van der Waals surface area contributed by atoms with Gasteiger partial charge in [-0.3, -0.25) is 4.79 Å². The molecule has 0 unspecified atom stereocenters. The largest absolute Gasteiger partial charge is 0.493 e. The zero-order valence-electron chi connectivity index (χ0n) is 17.4. The van der Waals surface area contributed by atoms with Crippen molar-refractivity contribution in [3.8, 4) is 22.8 Å². The van der Waals surface area contributed by atoms with Crippen LogP contribution >= 0.6 is 0 Å². The molecule has 0 aliphatic rings. The van der Waals surface area contributed by atoms with E-state index in [0.29, 0.717) is 28.4 Å². The Morgan fingerprint density at radius 2 is 1.84 bits per heavy atom. The molecule has 9 heteroatoms. The lowest BCUT2D eigenvalue weighted by Gasteiger charge is -2.11. The number of urea groups is 1. The fourth-order valence-corrected chi connectivity index (χ4v) is 2.88. The predicted molar refractivity (Wildman–Crippen MR) is 115 cm³/mol. The van der Waals surface area contributed by atoms with Crippen molar-refractivity contribution in [2.75, 3.05) is 26.1 Å². The summed E-state index contributed by atoms with van der Waals surface area (Å²) in [5.41, 5.74) is 1.85. The SMILES string of the molecule is COc1ccc(-c2ccc(=O)n(CCNC(=O)Nc3ccc(C)c(F)c3)n2)cc1OC. The molecule has 0 atom stereocenters. The molecule has 0 saturated carbocycles. The number of carbonyl (C=O) groups is 1. The third-order valence-electron chi connectivity index (χ3n) is 4.58. The Morgan fingerprint density at radius 3 is 2.55 bits per heavy atom. The van der Waals surface area contributed by atoms with Gasteiger partial charge in [0.2, 0.25) is 0 Å². The number of hydrogen-bond acceptors (Lipinski definition) is 5. The van der Waals surface area contributed by atoms with E-state index in [4.69, 9.17) is 9.47 Å². The molecule has 0 radical (unpaired) electrons. The smallest absolute Gasteiger partial charge is 0.319 e. The molecule has 31 heavy (non-hydrogen) atoms. The van der Waals surface area contributed by atoms with E-state index in [2.05, 4.69) is 15.7 Å². The molecule has 2 N–H and O–H groups in total. The maximum atomic E-state index is 13.6. The maximum absolute atomic E-state index is 13.6. The van der Waals surface area contributed by atoms with Gasteiger partial charge in [0.15, 0.2) is 11.5 Å². The molecule has 0 saturated heterocycles. The van der Waals surface area contributed by atoms with Gasteiger partial charge in [0.05, 0.1) is 26.5 Å². The Labute approximate surface area is 178 Å². The number of methoxy groups -OCH3 is 2. The summed E-state index contributed by atoms with van der Waals surface area (Å²) >= 11 is 0. The van der Waals surface area contributed by atoms with Crippen molar-refractivity contribution in [3.63, 3.8) is 0 Å².